The van der Waals surface area contributed by atoms with Crippen LogP contribution in [0.15, 0.2) is 53.5 Å². The average Bonchev–Trinajstić information content (AvgIpc) is 2.81. The zero-order chi connectivity index (χ0) is 22.1. The predicted molar refractivity (Wildman–Crippen MR) is 127 cm³/mol. The first-order valence-corrected chi connectivity index (χ1v) is 10.9. The molecule has 166 valence electrons. The highest BCUT2D eigenvalue weighted by atomic mass is 35.5. The van der Waals surface area contributed by atoms with Crippen molar-refractivity contribution in [3.8, 4) is 5.75 Å². The predicted octanol–water partition coefficient (Wildman–Crippen LogP) is 2.87. The molecule has 1 heterocycles. The lowest BCUT2D eigenvalue weighted by atomic mass is 10.2. The van der Waals surface area contributed by atoms with Gasteiger partial charge in [-0.2, -0.15) is 0 Å². The highest BCUT2D eigenvalue weighted by Gasteiger charge is 2.20. The molecule has 0 aromatic heterocycles. The Hall–Kier alpha value is -2.93. The molecule has 0 unspecified atom stereocenters. The van der Waals surface area contributed by atoms with Gasteiger partial charge in [-0.3, -0.25) is 9.79 Å². The normalized spacial score (nSPS) is 14.4. The zero-order valence-corrected chi connectivity index (χ0v) is 18.9. The van der Waals surface area contributed by atoms with Gasteiger partial charge in [-0.25, -0.2) is 0 Å². The van der Waals surface area contributed by atoms with E-state index >= 15 is 0 Å². The van der Waals surface area contributed by atoms with Crippen molar-refractivity contribution in [3.05, 3.63) is 59.1 Å². The number of guanidine groups is 1. The number of nitrogens with zero attached hydrogens (tertiary/aromatic N) is 3. The minimum absolute atomic E-state index is 0.183. The first-order chi connectivity index (χ1) is 15.1. The summed E-state index contributed by atoms with van der Waals surface area (Å²) in [6.45, 7) is 7.34. The highest BCUT2D eigenvalue weighted by Crippen LogP contribution is 2.22. The molecule has 1 saturated heterocycles. The summed E-state index contributed by atoms with van der Waals surface area (Å²) in [5.74, 6) is 1.56. The van der Waals surface area contributed by atoms with Crippen molar-refractivity contribution < 1.29 is 9.53 Å². The number of anilines is 1. The number of ether oxygens (including phenoxy) is 1. The molecule has 31 heavy (non-hydrogen) atoms. The number of carbonyl (C=O) groups excluding carboxylic acids is 1. The Balaban J connectivity index is 1.51. The molecule has 2 aromatic carbocycles. The lowest BCUT2D eigenvalue weighted by Gasteiger charge is -2.37. The summed E-state index contributed by atoms with van der Waals surface area (Å²) < 4.78 is 5.34. The molecule has 0 bridgehead atoms. The Morgan fingerprint density at radius 1 is 1.10 bits per heavy atom. The fraction of sp³-hybridized carbons (Fsp3) is 0.391. The van der Waals surface area contributed by atoms with E-state index in [0.717, 1.165) is 44.4 Å². The summed E-state index contributed by atoms with van der Waals surface area (Å²) >= 11 is 6.08. The molecule has 1 aliphatic heterocycles. The zero-order valence-electron chi connectivity index (χ0n) is 18.1. The molecule has 0 saturated carbocycles. The molecule has 2 N–H and O–H groups in total. The van der Waals surface area contributed by atoms with E-state index in [2.05, 4.69) is 39.5 Å². The van der Waals surface area contributed by atoms with Crippen LogP contribution in [0.3, 0.4) is 0 Å². The Morgan fingerprint density at radius 2 is 1.87 bits per heavy atom. The maximum atomic E-state index is 12.3. The third-order valence-corrected chi connectivity index (χ3v) is 5.44. The van der Waals surface area contributed by atoms with Crippen LogP contribution in [-0.4, -0.2) is 69.7 Å². The number of nitrogens with one attached hydrogen (secondary N) is 2. The van der Waals surface area contributed by atoms with Crippen LogP contribution < -0.4 is 20.3 Å². The second kappa shape index (κ2) is 11.5. The lowest BCUT2D eigenvalue weighted by molar-refractivity contribution is 0.0955. The van der Waals surface area contributed by atoms with Crippen LogP contribution in [-0.2, 0) is 0 Å². The largest absolute Gasteiger partial charge is 0.497 e. The van der Waals surface area contributed by atoms with Crippen LogP contribution in [0.25, 0.3) is 0 Å². The second-order valence-corrected chi connectivity index (χ2v) is 7.55. The monoisotopic (exact) mass is 443 g/mol. The molecule has 2 aromatic rings. The Bertz CT molecular complexity index is 897. The molecule has 0 aliphatic carbocycles. The number of amides is 1. The molecule has 0 spiro atoms. The van der Waals surface area contributed by atoms with E-state index in [1.165, 1.54) is 5.69 Å². The third kappa shape index (κ3) is 6.28. The fourth-order valence-electron chi connectivity index (χ4n) is 3.48. The maximum Gasteiger partial charge on any atom is 0.252 e. The van der Waals surface area contributed by atoms with Gasteiger partial charge in [0.05, 0.1) is 24.2 Å². The van der Waals surface area contributed by atoms with Gasteiger partial charge >= 0.3 is 0 Å². The number of hydrogen-bond acceptors (Lipinski definition) is 4. The van der Waals surface area contributed by atoms with Gasteiger partial charge in [-0.15, -0.1) is 0 Å². The number of halogens is 1. The summed E-state index contributed by atoms with van der Waals surface area (Å²) in [5.41, 5.74) is 1.65. The number of aliphatic imine (C=N–C) groups is 1. The summed E-state index contributed by atoms with van der Waals surface area (Å²) in [7, 11) is 1.69. The lowest BCUT2D eigenvalue weighted by Crippen LogP contribution is -2.52. The molecule has 0 radical (unpaired) electrons. The van der Waals surface area contributed by atoms with Gasteiger partial charge in [0.15, 0.2) is 5.96 Å². The van der Waals surface area contributed by atoms with Crippen molar-refractivity contribution >= 4 is 29.2 Å². The third-order valence-electron chi connectivity index (χ3n) is 5.11. The smallest absolute Gasteiger partial charge is 0.252 e. The van der Waals surface area contributed by atoms with E-state index in [-0.39, 0.29) is 5.91 Å². The quantitative estimate of drug-likeness (QED) is 0.391. The molecule has 3 rings (SSSR count). The first-order valence-electron chi connectivity index (χ1n) is 10.6. The van der Waals surface area contributed by atoms with E-state index < -0.39 is 0 Å². The standard InChI is InChI=1S/C23H30ClN5O2/c1-3-25-23(27-12-11-26-22(30)20-9-4-5-10-21(20)24)29-15-13-28(14-16-29)18-7-6-8-19(17-18)31-2/h4-10,17H,3,11-16H2,1-2H3,(H,25,27)(H,26,30). The molecule has 8 heteroatoms. The SMILES string of the molecule is CCNC(=NCCNC(=O)c1ccccc1Cl)N1CCN(c2cccc(OC)c2)CC1. The van der Waals surface area contributed by atoms with E-state index in [1.54, 1.807) is 31.4 Å². The minimum atomic E-state index is -0.183. The molecular formula is C23H30ClN5O2. The van der Waals surface area contributed by atoms with E-state index in [0.29, 0.717) is 23.7 Å². The van der Waals surface area contributed by atoms with Crippen molar-refractivity contribution in [3.63, 3.8) is 0 Å². The fourth-order valence-corrected chi connectivity index (χ4v) is 3.70. The van der Waals surface area contributed by atoms with Crippen molar-refractivity contribution in [2.24, 2.45) is 4.99 Å². The Morgan fingerprint density at radius 3 is 2.58 bits per heavy atom. The van der Waals surface area contributed by atoms with Gasteiger partial charge in [0.25, 0.3) is 5.91 Å². The number of carbonyl (C=O) groups is 1. The number of benzene rings is 2. The van der Waals surface area contributed by atoms with E-state index in [1.807, 2.05) is 12.1 Å². The van der Waals surface area contributed by atoms with Crippen LogP contribution >= 0.6 is 11.6 Å². The molecule has 0 atom stereocenters. The highest BCUT2D eigenvalue weighted by molar-refractivity contribution is 6.33. The number of rotatable bonds is 7. The minimum Gasteiger partial charge on any atom is -0.497 e. The van der Waals surface area contributed by atoms with Gasteiger partial charge in [-0.1, -0.05) is 29.8 Å². The van der Waals surface area contributed by atoms with Crippen LogP contribution in [0.1, 0.15) is 17.3 Å². The number of methoxy groups -OCH3 is 1. The van der Waals surface area contributed by atoms with Gasteiger partial charge in [0, 0.05) is 51.0 Å². The molecule has 1 fully saturated rings. The van der Waals surface area contributed by atoms with Gasteiger partial charge in [0.2, 0.25) is 0 Å². The first kappa shape index (κ1) is 22.7. The average molecular weight is 444 g/mol. The maximum absolute atomic E-state index is 12.3. The van der Waals surface area contributed by atoms with Crippen LogP contribution in [0.2, 0.25) is 5.02 Å². The van der Waals surface area contributed by atoms with E-state index in [4.69, 9.17) is 21.3 Å². The molecular weight excluding hydrogens is 414 g/mol. The summed E-state index contributed by atoms with van der Waals surface area (Å²) in [4.78, 5) is 21.6. The molecule has 1 amide bonds. The summed E-state index contributed by atoms with van der Waals surface area (Å²) in [5, 5.41) is 6.69. The van der Waals surface area contributed by atoms with Gasteiger partial charge < -0.3 is 25.2 Å². The number of piperazine rings is 1. The Kier molecular flexibility index (Phi) is 8.41. The van der Waals surface area contributed by atoms with E-state index in [9.17, 15) is 4.79 Å². The van der Waals surface area contributed by atoms with Crippen LogP contribution in [0.5, 0.6) is 5.75 Å². The van der Waals surface area contributed by atoms with Gasteiger partial charge in [0.1, 0.15) is 5.75 Å². The van der Waals surface area contributed by atoms with Crippen molar-refractivity contribution in [2.75, 3.05) is 57.8 Å². The van der Waals surface area contributed by atoms with Crippen molar-refractivity contribution in [1.82, 2.24) is 15.5 Å². The summed E-state index contributed by atoms with van der Waals surface area (Å²) in [6.07, 6.45) is 0. The molecule has 7 nitrogen and oxygen atoms in total. The second-order valence-electron chi connectivity index (χ2n) is 7.15. The topological polar surface area (TPSA) is 69.2 Å². The van der Waals surface area contributed by atoms with Crippen LogP contribution in [0.4, 0.5) is 5.69 Å². The van der Waals surface area contributed by atoms with Crippen molar-refractivity contribution in [1.29, 1.82) is 0 Å². The number of hydrogen-bond donors (Lipinski definition) is 2. The molecule has 1 aliphatic rings. The van der Waals surface area contributed by atoms with Crippen molar-refractivity contribution in [2.45, 2.75) is 6.92 Å². The van der Waals surface area contributed by atoms with Crippen LogP contribution in [0, 0.1) is 0 Å². The Labute approximate surface area is 189 Å². The van der Waals surface area contributed by atoms with Gasteiger partial charge in [-0.05, 0) is 31.2 Å². The summed E-state index contributed by atoms with van der Waals surface area (Å²) in [6, 6.07) is 15.2.